The van der Waals surface area contributed by atoms with Crippen LogP contribution >= 0.6 is 23.4 Å². The molecule has 0 aliphatic carbocycles. The maximum Gasteiger partial charge on any atom is 0.339 e. The van der Waals surface area contributed by atoms with E-state index in [4.69, 9.17) is 20.5 Å². The zero-order valence-electron chi connectivity index (χ0n) is 18.5. The number of thioether (sulfide) groups is 1. The summed E-state index contributed by atoms with van der Waals surface area (Å²) in [5.41, 5.74) is 1.55. The molecule has 0 N–H and O–H groups in total. The summed E-state index contributed by atoms with van der Waals surface area (Å²) < 4.78 is 35.6. The summed E-state index contributed by atoms with van der Waals surface area (Å²) in [5.74, 6) is 0.181. The zero-order chi connectivity index (χ0) is 25.0. The van der Waals surface area contributed by atoms with E-state index in [1.807, 2.05) is 6.92 Å². The van der Waals surface area contributed by atoms with E-state index >= 15 is 0 Å². The van der Waals surface area contributed by atoms with E-state index < -0.39 is 21.3 Å². The molecule has 1 aliphatic rings. The van der Waals surface area contributed by atoms with Crippen LogP contribution in [0.25, 0.3) is 6.08 Å². The number of benzene rings is 3. The third-order valence-corrected chi connectivity index (χ3v) is 7.46. The molecule has 1 heterocycles. The van der Waals surface area contributed by atoms with Gasteiger partial charge in [0.2, 0.25) is 0 Å². The van der Waals surface area contributed by atoms with Crippen molar-refractivity contribution in [3.05, 3.63) is 93.9 Å². The van der Waals surface area contributed by atoms with Gasteiger partial charge in [0.05, 0.1) is 16.5 Å². The second-order valence-corrected chi connectivity index (χ2v) is 10.5. The minimum atomic E-state index is -3.97. The highest BCUT2D eigenvalue weighted by atomic mass is 35.5. The first-order valence-corrected chi connectivity index (χ1v) is 13.1. The number of imide groups is 1. The van der Waals surface area contributed by atoms with Crippen molar-refractivity contribution in [2.24, 2.45) is 0 Å². The topological polar surface area (TPSA) is 90.0 Å². The monoisotopic (exact) mass is 529 g/mol. The van der Waals surface area contributed by atoms with Crippen molar-refractivity contribution in [3.63, 3.8) is 0 Å². The first-order valence-electron chi connectivity index (χ1n) is 10.5. The largest absolute Gasteiger partial charge is 0.490 e. The molecule has 0 atom stereocenters. The molecule has 3 aromatic carbocycles. The molecule has 0 bridgehead atoms. The minimum absolute atomic E-state index is 0.0550. The quantitative estimate of drug-likeness (QED) is 0.280. The summed E-state index contributed by atoms with van der Waals surface area (Å²) in [6.07, 6.45) is 1.57. The predicted octanol–water partition coefficient (Wildman–Crippen LogP) is 5.53. The Labute approximate surface area is 212 Å². The maximum atomic E-state index is 12.7. The Morgan fingerprint density at radius 1 is 0.971 bits per heavy atom. The van der Waals surface area contributed by atoms with Crippen LogP contribution in [-0.4, -0.2) is 37.6 Å². The first-order chi connectivity index (χ1) is 16.7. The lowest BCUT2D eigenvalue weighted by Crippen LogP contribution is -2.32. The van der Waals surface area contributed by atoms with Crippen molar-refractivity contribution in [1.29, 1.82) is 0 Å². The van der Waals surface area contributed by atoms with Gasteiger partial charge in [0.1, 0.15) is 23.0 Å². The van der Waals surface area contributed by atoms with Crippen LogP contribution in [0.5, 0.6) is 11.5 Å². The lowest BCUT2D eigenvalue weighted by atomic mass is 10.2. The van der Waals surface area contributed by atoms with Crippen molar-refractivity contribution in [3.8, 4) is 11.5 Å². The Morgan fingerprint density at radius 2 is 1.66 bits per heavy atom. The maximum absolute atomic E-state index is 12.7. The number of para-hydroxylation sites is 1. The molecule has 0 unspecified atom stereocenters. The van der Waals surface area contributed by atoms with Gasteiger partial charge in [0.25, 0.3) is 11.1 Å². The van der Waals surface area contributed by atoms with Gasteiger partial charge in [-0.2, -0.15) is 8.42 Å². The van der Waals surface area contributed by atoms with Gasteiger partial charge in [-0.25, -0.2) is 0 Å². The number of carbonyl (C=O) groups excluding carboxylic acids is 2. The van der Waals surface area contributed by atoms with Gasteiger partial charge in [0.15, 0.2) is 0 Å². The van der Waals surface area contributed by atoms with Gasteiger partial charge in [-0.1, -0.05) is 53.6 Å². The fraction of sp³-hybridized carbons (Fsp3) is 0.120. The van der Waals surface area contributed by atoms with Crippen molar-refractivity contribution >= 4 is 50.7 Å². The normalized spacial score (nSPS) is 15.0. The second-order valence-electron chi connectivity index (χ2n) is 7.53. The van der Waals surface area contributed by atoms with Gasteiger partial charge >= 0.3 is 10.1 Å². The van der Waals surface area contributed by atoms with Crippen molar-refractivity contribution < 1.29 is 26.9 Å². The van der Waals surface area contributed by atoms with Crippen LogP contribution in [0.15, 0.2) is 82.6 Å². The van der Waals surface area contributed by atoms with Gasteiger partial charge in [-0.3, -0.25) is 14.5 Å². The molecule has 0 saturated carbocycles. The highest BCUT2D eigenvalue weighted by Crippen LogP contribution is 2.32. The zero-order valence-corrected chi connectivity index (χ0v) is 20.9. The molecule has 1 saturated heterocycles. The van der Waals surface area contributed by atoms with Crippen molar-refractivity contribution in [1.82, 2.24) is 4.90 Å². The van der Waals surface area contributed by atoms with E-state index in [2.05, 4.69) is 0 Å². The molecule has 7 nitrogen and oxygen atoms in total. The van der Waals surface area contributed by atoms with E-state index in [1.54, 1.807) is 54.6 Å². The SMILES string of the molecule is Cc1ccc(S(=O)(=O)Oc2ccc(/C=C3\SC(=O)N(CCOc4ccccc4Cl)C3=O)cc2)cc1. The summed E-state index contributed by atoms with van der Waals surface area (Å²) in [6.45, 7) is 2.05. The second kappa shape index (κ2) is 10.6. The van der Waals surface area contributed by atoms with Gasteiger partial charge in [-0.05, 0) is 66.7 Å². The van der Waals surface area contributed by atoms with Gasteiger partial charge in [-0.15, -0.1) is 0 Å². The highest BCUT2D eigenvalue weighted by Gasteiger charge is 2.34. The average Bonchev–Trinajstić information content (AvgIpc) is 3.09. The van der Waals surface area contributed by atoms with Crippen LogP contribution < -0.4 is 8.92 Å². The first kappa shape index (κ1) is 24.8. The molecular weight excluding hydrogens is 510 g/mol. The number of aryl methyl sites for hydroxylation is 1. The number of amides is 2. The molecule has 3 aromatic rings. The van der Waals surface area contributed by atoms with E-state index in [9.17, 15) is 18.0 Å². The predicted molar refractivity (Wildman–Crippen MR) is 135 cm³/mol. The summed E-state index contributed by atoms with van der Waals surface area (Å²) >= 11 is 6.87. The number of hydrogen-bond donors (Lipinski definition) is 0. The lowest BCUT2D eigenvalue weighted by molar-refractivity contribution is -0.123. The standard InChI is InChI=1S/C25H20ClNO6S2/c1-17-6-12-20(13-7-17)35(30,31)33-19-10-8-18(9-11-19)16-23-24(28)27(25(29)34-23)14-15-32-22-5-3-2-4-21(22)26/h2-13,16H,14-15H2,1H3/b23-16-. The van der Waals surface area contributed by atoms with E-state index in [-0.39, 0.29) is 28.7 Å². The van der Waals surface area contributed by atoms with Crippen LogP contribution in [0.1, 0.15) is 11.1 Å². The third-order valence-electron chi connectivity index (χ3n) is 4.98. The fourth-order valence-corrected chi connectivity index (χ4v) is 5.14. The van der Waals surface area contributed by atoms with E-state index in [0.717, 1.165) is 22.2 Å². The Kier molecular flexibility index (Phi) is 7.49. The summed E-state index contributed by atoms with van der Waals surface area (Å²) in [5, 5.41) is 0.0498. The van der Waals surface area contributed by atoms with Crippen LogP contribution in [0.4, 0.5) is 4.79 Å². The van der Waals surface area contributed by atoms with Gasteiger partial charge < -0.3 is 8.92 Å². The highest BCUT2D eigenvalue weighted by molar-refractivity contribution is 8.18. The van der Waals surface area contributed by atoms with E-state index in [0.29, 0.717) is 16.3 Å². The fourth-order valence-electron chi connectivity index (χ4n) is 3.15. The Bertz CT molecular complexity index is 1390. The van der Waals surface area contributed by atoms with Crippen LogP contribution in [-0.2, 0) is 14.9 Å². The number of nitrogens with zero attached hydrogens (tertiary/aromatic N) is 1. The molecule has 0 spiro atoms. The number of rotatable bonds is 8. The molecule has 1 aliphatic heterocycles. The molecule has 10 heteroatoms. The third kappa shape index (κ3) is 6.05. The number of carbonyl (C=O) groups is 2. The molecule has 1 fully saturated rings. The molecule has 35 heavy (non-hydrogen) atoms. The van der Waals surface area contributed by atoms with Crippen LogP contribution in [0.3, 0.4) is 0 Å². The Balaban J connectivity index is 1.38. The molecule has 0 aromatic heterocycles. The number of ether oxygens (including phenoxy) is 1. The number of halogens is 1. The molecule has 4 rings (SSSR count). The van der Waals surface area contributed by atoms with Crippen molar-refractivity contribution in [2.75, 3.05) is 13.2 Å². The average molecular weight is 530 g/mol. The van der Waals surface area contributed by atoms with Crippen LogP contribution in [0, 0.1) is 6.92 Å². The summed E-state index contributed by atoms with van der Waals surface area (Å²) in [7, 11) is -3.97. The molecular formula is C25H20ClNO6S2. The molecule has 2 amide bonds. The number of hydrogen-bond acceptors (Lipinski definition) is 7. The van der Waals surface area contributed by atoms with Crippen molar-refractivity contribution in [2.45, 2.75) is 11.8 Å². The Morgan fingerprint density at radius 3 is 2.34 bits per heavy atom. The van der Waals surface area contributed by atoms with E-state index in [1.165, 1.54) is 24.3 Å². The minimum Gasteiger partial charge on any atom is -0.490 e. The summed E-state index contributed by atoms with van der Waals surface area (Å²) in [6, 6.07) is 19.5. The molecule has 0 radical (unpaired) electrons. The van der Waals surface area contributed by atoms with Gasteiger partial charge in [0, 0.05) is 0 Å². The van der Waals surface area contributed by atoms with Crippen LogP contribution in [0.2, 0.25) is 5.02 Å². The summed E-state index contributed by atoms with van der Waals surface area (Å²) in [4.78, 5) is 26.4. The smallest absolute Gasteiger partial charge is 0.339 e. The Hall–Kier alpha value is -3.27. The lowest BCUT2D eigenvalue weighted by Gasteiger charge is -2.13. The molecule has 180 valence electrons.